The Morgan fingerprint density at radius 1 is 1.20 bits per heavy atom. The van der Waals surface area contributed by atoms with Gasteiger partial charge in [0.25, 0.3) is 5.56 Å². The van der Waals surface area contributed by atoms with E-state index in [0.717, 1.165) is 23.0 Å². The van der Waals surface area contributed by atoms with E-state index < -0.39 is 28.9 Å². The molecule has 0 spiro atoms. The molecule has 40 heavy (non-hydrogen) atoms. The van der Waals surface area contributed by atoms with E-state index in [1.807, 2.05) is 30.3 Å². The number of aliphatic carboxylic acids is 1. The lowest BCUT2D eigenvalue weighted by atomic mass is 10.0. The monoisotopic (exact) mass is 563 g/mol. The maximum absolute atomic E-state index is 14.1. The Kier molecular flexibility index (Phi) is 6.78. The van der Waals surface area contributed by atoms with E-state index in [1.165, 1.54) is 61.5 Å². The highest BCUT2D eigenvalue weighted by Crippen LogP contribution is 2.46. The fraction of sp³-hybridized carbons (Fsp3) is 0.467. The summed E-state index contributed by atoms with van der Waals surface area (Å²) < 4.78 is 14.7. The van der Waals surface area contributed by atoms with Gasteiger partial charge in [0.1, 0.15) is 22.7 Å². The smallest absolute Gasteiger partial charge is 0.333 e. The molecule has 2 aliphatic rings. The number of thiophene rings is 1. The van der Waals surface area contributed by atoms with Crippen LogP contribution >= 0.6 is 11.3 Å². The molecule has 1 N–H and O–H groups in total. The van der Waals surface area contributed by atoms with Crippen molar-refractivity contribution < 1.29 is 19.1 Å². The van der Waals surface area contributed by atoms with Gasteiger partial charge in [0.2, 0.25) is 5.89 Å². The summed E-state index contributed by atoms with van der Waals surface area (Å²) in [5, 5.41) is 10.3. The van der Waals surface area contributed by atoms with Crippen LogP contribution in [0.25, 0.3) is 21.0 Å². The third-order valence-corrected chi connectivity index (χ3v) is 10.0. The number of rotatable bonds is 8. The van der Waals surface area contributed by atoms with Crippen LogP contribution in [0.3, 0.4) is 0 Å². The van der Waals surface area contributed by atoms with E-state index in [-0.39, 0.29) is 18.0 Å². The molecular weight excluding hydrogens is 530 g/mol. The molecule has 2 aliphatic carbocycles. The molecule has 210 valence electrons. The van der Waals surface area contributed by atoms with Crippen LogP contribution in [0.5, 0.6) is 0 Å². The van der Waals surface area contributed by atoms with Crippen molar-refractivity contribution in [1.29, 1.82) is 0 Å². The number of benzene rings is 1. The first kappa shape index (κ1) is 26.7. The van der Waals surface area contributed by atoms with Crippen LogP contribution in [-0.4, -0.2) is 31.3 Å². The number of carbonyl (C=O) groups is 1. The molecule has 10 heteroatoms. The van der Waals surface area contributed by atoms with Gasteiger partial charge in [-0.05, 0) is 56.6 Å². The summed E-state index contributed by atoms with van der Waals surface area (Å²) >= 11 is 1.25. The summed E-state index contributed by atoms with van der Waals surface area (Å²) in [6, 6.07) is 9.79. The van der Waals surface area contributed by atoms with Crippen molar-refractivity contribution >= 4 is 27.5 Å². The molecule has 6 rings (SSSR count). The van der Waals surface area contributed by atoms with Gasteiger partial charge in [0.15, 0.2) is 0 Å². The average Bonchev–Trinajstić information content (AvgIpc) is 3.71. The van der Waals surface area contributed by atoms with Gasteiger partial charge in [-0.3, -0.25) is 9.36 Å². The van der Waals surface area contributed by atoms with Gasteiger partial charge in [-0.1, -0.05) is 49.6 Å². The number of oxazole rings is 1. The molecule has 0 bridgehead atoms. The van der Waals surface area contributed by atoms with Crippen molar-refractivity contribution in [2.24, 2.45) is 11.8 Å². The van der Waals surface area contributed by atoms with E-state index in [2.05, 4.69) is 4.98 Å². The topological polar surface area (TPSA) is 117 Å². The van der Waals surface area contributed by atoms with Crippen LogP contribution < -0.4 is 11.2 Å². The van der Waals surface area contributed by atoms with Crippen LogP contribution in [0.2, 0.25) is 0 Å². The molecule has 4 aromatic rings. The number of hydrogen-bond acceptors (Lipinski definition) is 7. The molecule has 2 saturated carbocycles. The summed E-state index contributed by atoms with van der Waals surface area (Å²) in [5.41, 5.74) is -1.57. The Bertz CT molecular complexity index is 1660. The molecule has 3 heterocycles. The average molecular weight is 564 g/mol. The van der Waals surface area contributed by atoms with Crippen molar-refractivity contribution in [2.75, 3.05) is 0 Å². The molecule has 0 saturated heterocycles. The molecule has 2 fully saturated rings. The van der Waals surface area contributed by atoms with E-state index in [0.29, 0.717) is 33.0 Å². The Balaban J connectivity index is 1.52. The predicted molar refractivity (Wildman–Crippen MR) is 152 cm³/mol. The zero-order valence-corrected chi connectivity index (χ0v) is 23.6. The van der Waals surface area contributed by atoms with Crippen LogP contribution in [0.15, 0.2) is 56.8 Å². The number of hydrogen-bond donors (Lipinski definition) is 1. The lowest BCUT2D eigenvalue weighted by Gasteiger charge is -2.27. The fourth-order valence-electron chi connectivity index (χ4n) is 6.55. The summed E-state index contributed by atoms with van der Waals surface area (Å²) in [7, 11) is 0. The number of aryl methyl sites for hydroxylation is 1. The maximum atomic E-state index is 14.1. The predicted octanol–water partition coefficient (Wildman–Crippen LogP) is 5.34. The van der Waals surface area contributed by atoms with Crippen molar-refractivity contribution in [2.45, 2.75) is 77.2 Å². The van der Waals surface area contributed by atoms with Crippen molar-refractivity contribution in [3.05, 3.63) is 74.8 Å². The molecule has 0 aliphatic heterocycles. The third-order valence-electron chi connectivity index (χ3n) is 8.75. The first-order valence-electron chi connectivity index (χ1n) is 13.8. The van der Waals surface area contributed by atoms with Gasteiger partial charge in [0, 0.05) is 0 Å². The number of nitrogens with zero attached hydrogens (tertiary/aromatic N) is 3. The van der Waals surface area contributed by atoms with E-state index in [9.17, 15) is 19.5 Å². The van der Waals surface area contributed by atoms with Crippen LogP contribution in [0.1, 0.15) is 63.2 Å². The standard InChI is InChI=1S/C30H33N3O6S/c1-17-23-26(34)33(30(2,3)28(35)36)29(37)32(27(23)40-24(17)25-31-12-13-38-25)16-22(18-8-5-4-6-9-18)39-21-14-19-10-7-11-20(19)15-21/h4-6,8-9,12-13,19-22H,7,10-11,14-16H2,1-3H3,(H,35,36)/t19-,20+,21?,22?. The second-order valence-electron chi connectivity index (χ2n) is 11.6. The summed E-state index contributed by atoms with van der Waals surface area (Å²) in [6.07, 6.45) is 8.39. The summed E-state index contributed by atoms with van der Waals surface area (Å²) in [4.78, 5) is 45.5. The highest BCUT2D eigenvalue weighted by molar-refractivity contribution is 7.22. The number of ether oxygens (including phenoxy) is 1. The Morgan fingerprint density at radius 3 is 2.52 bits per heavy atom. The molecule has 2 unspecified atom stereocenters. The molecule has 4 atom stereocenters. The Hall–Kier alpha value is -3.50. The number of fused-ring (bicyclic) bond motifs is 2. The Labute approximate surface area is 235 Å². The van der Waals surface area contributed by atoms with E-state index in [4.69, 9.17) is 9.15 Å². The number of carboxylic acids is 1. The van der Waals surface area contributed by atoms with E-state index in [1.54, 1.807) is 6.92 Å². The SMILES string of the molecule is Cc1c(-c2ncco2)sc2c1c(=O)n(C(C)(C)C(=O)O)c(=O)n2CC(OC1C[C@H]2CCC[C@H]2C1)c1ccccc1. The number of aromatic nitrogens is 3. The summed E-state index contributed by atoms with van der Waals surface area (Å²) in [5.74, 6) is 0.455. The van der Waals surface area contributed by atoms with Crippen molar-refractivity contribution in [3.8, 4) is 10.8 Å². The van der Waals surface area contributed by atoms with Gasteiger partial charge >= 0.3 is 11.7 Å². The molecule has 3 aromatic heterocycles. The normalized spacial score (nSPS) is 21.6. The molecule has 0 amide bonds. The van der Waals surface area contributed by atoms with Gasteiger partial charge in [-0.2, -0.15) is 0 Å². The maximum Gasteiger partial charge on any atom is 0.333 e. The first-order valence-corrected chi connectivity index (χ1v) is 14.6. The lowest BCUT2D eigenvalue weighted by molar-refractivity contribution is -0.146. The largest absolute Gasteiger partial charge is 0.480 e. The van der Waals surface area contributed by atoms with Gasteiger partial charge in [-0.25, -0.2) is 19.1 Å². The molecular formula is C30H33N3O6S. The first-order chi connectivity index (χ1) is 19.2. The second-order valence-corrected chi connectivity index (χ2v) is 12.6. The van der Waals surface area contributed by atoms with Crippen LogP contribution in [0, 0.1) is 18.8 Å². The van der Waals surface area contributed by atoms with Gasteiger partial charge in [0.05, 0.1) is 29.1 Å². The highest BCUT2D eigenvalue weighted by Gasteiger charge is 2.40. The van der Waals surface area contributed by atoms with Crippen LogP contribution in [-0.2, 0) is 21.6 Å². The highest BCUT2D eigenvalue weighted by atomic mass is 32.1. The molecule has 1 aromatic carbocycles. The minimum absolute atomic E-state index is 0.0843. The fourth-order valence-corrected chi connectivity index (χ4v) is 7.79. The summed E-state index contributed by atoms with van der Waals surface area (Å²) in [6.45, 7) is 4.64. The zero-order chi connectivity index (χ0) is 28.2. The zero-order valence-electron chi connectivity index (χ0n) is 22.8. The molecule has 0 radical (unpaired) electrons. The van der Waals surface area contributed by atoms with Crippen molar-refractivity contribution in [1.82, 2.24) is 14.1 Å². The Morgan fingerprint density at radius 2 is 1.90 bits per heavy atom. The van der Waals surface area contributed by atoms with E-state index >= 15 is 0 Å². The van der Waals surface area contributed by atoms with Gasteiger partial charge in [-0.15, -0.1) is 11.3 Å². The molecule has 9 nitrogen and oxygen atoms in total. The van der Waals surface area contributed by atoms with Crippen LogP contribution in [0.4, 0.5) is 0 Å². The van der Waals surface area contributed by atoms with Gasteiger partial charge < -0.3 is 14.3 Å². The lowest BCUT2D eigenvalue weighted by Crippen LogP contribution is -2.52. The minimum Gasteiger partial charge on any atom is -0.480 e. The minimum atomic E-state index is -1.77. The number of carboxylic acid groups (broad SMARTS) is 1. The van der Waals surface area contributed by atoms with Crippen molar-refractivity contribution in [3.63, 3.8) is 0 Å². The second kappa shape index (κ2) is 10.2. The quantitative estimate of drug-likeness (QED) is 0.307. The third kappa shape index (κ3) is 4.43.